The SMILES string of the molecule is CN(C)[C@H]1C(=O)C(C(N)=O)C(=O)[C@]2(O)C(=O)C3C(=O)c4c(O)ccc(CNCc5cccn5C)c4C[C@@H]3C[C@H]12. The van der Waals surface area contributed by atoms with E-state index in [-0.39, 0.29) is 24.2 Å². The number of hydrogen-bond donors (Lipinski definition) is 4. The minimum absolute atomic E-state index is 0.000220. The number of rotatable bonds is 6. The standard InChI is InChI=1S/C28H32N4O7/c1-31(2)22-17-10-14-9-16-13(11-30-12-15-5-4-8-32(15)3)6-7-18(33)20(16)23(34)19(14)25(36)28(17,39)26(37)21(24(22)35)27(29)38/h4-8,14,17,19,21-22,30,33,39H,9-12H2,1-3H3,(H2,29,38)/t14-,17-,19?,21?,22-,28-/m1/s1. The summed E-state index contributed by atoms with van der Waals surface area (Å²) in [7, 11) is 5.06. The van der Waals surface area contributed by atoms with Crippen LogP contribution in [0.15, 0.2) is 30.5 Å². The first kappa shape index (κ1) is 26.9. The molecule has 0 aliphatic heterocycles. The van der Waals surface area contributed by atoms with Gasteiger partial charge in [-0.15, -0.1) is 0 Å². The maximum atomic E-state index is 13.9. The van der Waals surface area contributed by atoms with E-state index in [1.54, 1.807) is 20.2 Å². The minimum atomic E-state index is -2.72. The molecule has 5 rings (SSSR count). The van der Waals surface area contributed by atoms with E-state index in [2.05, 4.69) is 5.32 Å². The monoisotopic (exact) mass is 536 g/mol. The summed E-state index contributed by atoms with van der Waals surface area (Å²) < 4.78 is 1.99. The van der Waals surface area contributed by atoms with Gasteiger partial charge in [0.2, 0.25) is 5.91 Å². The Morgan fingerprint density at radius 1 is 1.15 bits per heavy atom. The summed E-state index contributed by atoms with van der Waals surface area (Å²) in [6.45, 7) is 0.972. The zero-order chi connectivity index (χ0) is 28.4. The van der Waals surface area contributed by atoms with Crippen LogP contribution >= 0.6 is 0 Å². The van der Waals surface area contributed by atoms with Gasteiger partial charge >= 0.3 is 0 Å². The van der Waals surface area contributed by atoms with E-state index in [0.717, 1.165) is 11.3 Å². The van der Waals surface area contributed by atoms with Gasteiger partial charge in [0.1, 0.15) is 5.75 Å². The second kappa shape index (κ2) is 9.51. The molecule has 1 amide bonds. The molecule has 2 aromatic rings. The number of aromatic hydroxyl groups is 1. The first-order valence-corrected chi connectivity index (χ1v) is 12.9. The normalized spacial score (nSPS) is 30.2. The lowest BCUT2D eigenvalue weighted by Crippen LogP contribution is -2.74. The van der Waals surface area contributed by atoms with Crippen LogP contribution in [-0.2, 0) is 45.7 Å². The molecule has 39 heavy (non-hydrogen) atoms. The molecule has 2 fully saturated rings. The van der Waals surface area contributed by atoms with E-state index in [4.69, 9.17) is 5.73 Å². The van der Waals surface area contributed by atoms with E-state index in [1.165, 1.54) is 11.0 Å². The number of amides is 1. The highest BCUT2D eigenvalue weighted by Crippen LogP contribution is 2.51. The Morgan fingerprint density at radius 3 is 2.49 bits per heavy atom. The highest BCUT2D eigenvalue weighted by Gasteiger charge is 2.69. The molecule has 0 spiro atoms. The predicted octanol–water partition coefficient (Wildman–Crippen LogP) is -0.505. The van der Waals surface area contributed by atoms with Crippen LogP contribution in [0.4, 0.5) is 0 Å². The molecule has 2 saturated carbocycles. The second-order valence-corrected chi connectivity index (χ2v) is 11.1. The number of nitrogens with one attached hydrogen (secondary N) is 1. The number of primary amides is 1. The summed E-state index contributed by atoms with van der Waals surface area (Å²) in [5.74, 6) is -10.4. The molecule has 11 nitrogen and oxygen atoms in total. The van der Waals surface area contributed by atoms with Gasteiger partial charge in [-0.3, -0.25) is 28.9 Å². The zero-order valence-corrected chi connectivity index (χ0v) is 22.0. The van der Waals surface area contributed by atoms with Gasteiger partial charge in [0, 0.05) is 37.9 Å². The molecule has 206 valence electrons. The van der Waals surface area contributed by atoms with Crippen LogP contribution in [0.3, 0.4) is 0 Å². The van der Waals surface area contributed by atoms with Crippen molar-refractivity contribution in [1.82, 2.24) is 14.8 Å². The molecule has 0 bridgehead atoms. The Morgan fingerprint density at radius 2 is 1.87 bits per heavy atom. The third kappa shape index (κ3) is 3.95. The highest BCUT2D eigenvalue weighted by molar-refractivity contribution is 6.32. The van der Waals surface area contributed by atoms with Crippen LogP contribution in [0.1, 0.15) is 33.6 Å². The number of phenolic OH excluding ortho intramolecular Hbond substituents is 1. The van der Waals surface area contributed by atoms with Crippen molar-refractivity contribution in [1.29, 1.82) is 0 Å². The lowest BCUT2D eigenvalue weighted by Gasteiger charge is -2.52. The third-order valence-electron chi connectivity index (χ3n) is 8.71. The van der Waals surface area contributed by atoms with Gasteiger partial charge in [-0.05, 0) is 62.2 Å². The Balaban J connectivity index is 1.52. The molecule has 0 radical (unpaired) electrons. The van der Waals surface area contributed by atoms with Crippen LogP contribution in [0, 0.1) is 23.7 Å². The fraction of sp³-hybridized carbons (Fsp3) is 0.464. The molecule has 2 unspecified atom stereocenters. The van der Waals surface area contributed by atoms with Gasteiger partial charge in [-0.1, -0.05) is 6.07 Å². The van der Waals surface area contributed by atoms with E-state index in [1.807, 2.05) is 29.9 Å². The number of phenols is 1. The lowest BCUT2D eigenvalue weighted by molar-refractivity contribution is -0.181. The molecule has 11 heteroatoms. The van der Waals surface area contributed by atoms with E-state index in [9.17, 15) is 34.2 Å². The van der Waals surface area contributed by atoms with E-state index in [0.29, 0.717) is 18.7 Å². The van der Waals surface area contributed by atoms with Crippen molar-refractivity contribution in [2.45, 2.75) is 37.6 Å². The zero-order valence-electron chi connectivity index (χ0n) is 22.0. The Kier molecular flexibility index (Phi) is 6.56. The topological polar surface area (TPSA) is 172 Å². The largest absolute Gasteiger partial charge is 0.507 e. The molecule has 1 aromatic carbocycles. The summed E-state index contributed by atoms with van der Waals surface area (Å²) >= 11 is 0. The van der Waals surface area contributed by atoms with Crippen LogP contribution in [0.25, 0.3) is 0 Å². The van der Waals surface area contributed by atoms with Gasteiger partial charge in [-0.25, -0.2) is 0 Å². The van der Waals surface area contributed by atoms with Crippen molar-refractivity contribution < 1.29 is 34.2 Å². The molecule has 5 N–H and O–H groups in total. The van der Waals surface area contributed by atoms with Gasteiger partial charge in [0.05, 0.1) is 17.5 Å². The first-order valence-electron chi connectivity index (χ1n) is 12.9. The number of carbonyl (C=O) groups excluding carboxylic acids is 5. The number of aryl methyl sites for hydroxylation is 1. The molecule has 3 aliphatic rings. The quantitative estimate of drug-likeness (QED) is 0.355. The van der Waals surface area contributed by atoms with Crippen molar-refractivity contribution in [2.24, 2.45) is 36.5 Å². The average molecular weight is 537 g/mol. The van der Waals surface area contributed by atoms with Gasteiger partial charge in [0.25, 0.3) is 0 Å². The molecular formula is C28H32N4O7. The number of carbonyl (C=O) groups is 5. The molecular weight excluding hydrogens is 504 g/mol. The Bertz CT molecular complexity index is 1410. The van der Waals surface area contributed by atoms with Crippen LogP contribution < -0.4 is 11.1 Å². The van der Waals surface area contributed by atoms with Crippen molar-refractivity contribution in [3.05, 3.63) is 52.8 Å². The fourth-order valence-corrected chi connectivity index (χ4v) is 6.84. The summed E-state index contributed by atoms with van der Waals surface area (Å²) in [6, 6.07) is 5.93. The minimum Gasteiger partial charge on any atom is -0.507 e. The Hall–Kier alpha value is -3.67. The van der Waals surface area contributed by atoms with E-state index < -0.39 is 64.4 Å². The maximum Gasteiger partial charge on any atom is 0.235 e. The van der Waals surface area contributed by atoms with Crippen LogP contribution in [0.2, 0.25) is 0 Å². The second-order valence-electron chi connectivity index (χ2n) is 11.1. The van der Waals surface area contributed by atoms with Gasteiger partial charge in [0.15, 0.2) is 34.7 Å². The smallest absolute Gasteiger partial charge is 0.235 e. The highest BCUT2D eigenvalue weighted by atomic mass is 16.3. The number of hydrogen-bond acceptors (Lipinski definition) is 9. The predicted molar refractivity (Wildman–Crippen MR) is 137 cm³/mol. The number of nitrogens with two attached hydrogens (primary N) is 1. The van der Waals surface area contributed by atoms with Crippen molar-refractivity contribution in [2.75, 3.05) is 14.1 Å². The van der Waals surface area contributed by atoms with Crippen molar-refractivity contribution in [3.63, 3.8) is 0 Å². The van der Waals surface area contributed by atoms with Gasteiger partial charge < -0.3 is 25.8 Å². The number of ketones is 4. The van der Waals surface area contributed by atoms with Crippen molar-refractivity contribution >= 4 is 29.0 Å². The molecule has 0 saturated heterocycles. The number of Topliss-reactive ketones (excluding diaryl/α,β-unsaturated/α-hetero) is 4. The molecule has 1 heterocycles. The van der Waals surface area contributed by atoms with E-state index >= 15 is 0 Å². The molecule has 6 atom stereocenters. The molecule has 3 aliphatic carbocycles. The third-order valence-corrected chi connectivity index (χ3v) is 8.71. The average Bonchev–Trinajstić information content (AvgIpc) is 3.26. The number of nitrogens with zero attached hydrogens (tertiary/aromatic N) is 2. The van der Waals surface area contributed by atoms with Crippen LogP contribution in [-0.4, -0.2) is 74.5 Å². The Labute approximate surface area is 225 Å². The lowest BCUT2D eigenvalue weighted by atomic mass is 9.52. The maximum absolute atomic E-state index is 13.9. The number of benzene rings is 1. The summed E-state index contributed by atoms with van der Waals surface area (Å²) in [5.41, 5.74) is 5.07. The van der Waals surface area contributed by atoms with Gasteiger partial charge in [-0.2, -0.15) is 0 Å². The number of fused-ring (bicyclic) bond motifs is 3. The fourth-order valence-electron chi connectivity index (χ4n) is 6.84. The number of aliphatic hydroxyl groups is 1. The summed E-state index contributed by atoms with van der Waals surface area (Å²) in [6.07, 6.45) is 2.20. The van der Waals surface area contributed by atoms with Crippen LogP contribution in [0.5, 0.6) is 5.75 Å². The molecule has 1 aromatic heterocycles. The van der Waals surface area contributed by atoms with Crippen molar-refractivity contribution in [3.8, 4) is 5.75 Å². The number of aromatic nitrogens is 1. The first-order chi connectivity index (χ1) is 18.4. The number of likely N-dealkylation sites (N-methyl/N-ethyl adjacent to an activating group) is 1. The summed E-state index contributed by atoms with van der Waals surface area (Å²) in [5, 5.41) is 25.6. The summed E-state index contributed by atoms with van der Waals surface area (Å²) in [4.78, 5) is 67.7.